The van der Waals surface area contributed by atoms with Crippen molar-refractivity contribution in [2.75, 3.05) is 6.54 Å². The normalized spacial score (nSPS) is 22.5. The van der Waals surface area contributed by atoms with Crippen LogP contribution in [0.15, 0.2) is 6.20 Å². The van der Waals surface area contributed by atoms with E-state index in [0.29, 0.717) is 11.9 Å². The van der Waals surface area contributed by atoms with E-state index in [-0.39, 0.29) is 6.10 Å². The molecule has 0 bridgehead atoms. The molecule has 1 aromatic heterocycles. The molecular formula is C17H29N3O. The van der Waals surface area contributed by atoms with E-state index in [2.05, 4.69) is 36.1 Å². The molecule has 0 spiro atoms. The smallest absolute Gasteiger partial charge is 0.316 e. The zero-order chi connectivity index (χ0) is 15.2. The molecule has 1 aliphatic carbocycles. The van der Waals surface area contributed by atoms with Crippen LogP contribution < -0.4 is 10.1 Å². The molecule has 1 N–H and O–H groups in total. The summed E-state index contributed by atoms with van der Waals surface area (Å²) in [5.74, 6) is 1.41. The highest BCUT2D eigenvalue weighted by atomic mass is 16.5. The summed E-state index contributed by atoms with van der Waals surface area (Å²) in [6.45, 7) is 10.6. The van der Waals surface area contributed by atoms with Crippen LogP contribution in [0, 0.1) is 18.8 Å². The van der Waals surface area contributed by atoms with Crippen LogP contribution in [0.2, 0.25) is 0 Å². The molecule has 0 amide bonds. The largest absolute Gasteiger partial charge is 0.460 e. The van der Waals surface area contributed by atoms with Crippen molar-refractivity contribution < 1.29 is 4.74 Å². The minimum Gasteiger partial charge on any atom is -0.460 e. The Balaban J connectivity index is 1.89. The number of hydrogen-bond acceptors (Lipinski definition) is 4. The van der Waals surface area contributed by atoms with E-state index in [1.165, 1.54) is 12.8 Å². The van der Waals surface area contributed by atoms with E-state index in [1.807, 2.05) is 13.1 Å². The lowest BCUT2D eigenvalue weighted by Gasteiger charge is -2.26. The van der Waals surface area contributed by atoms with Crippen molar-refractivity contribution in [3.05, 3.63) is 17.5 Å². The summed E-state index contributed by atoms with van der Waals surface area (Å²) >= 11 is 0. The molecule has 1 aliphatic rings. The summed E-state index contributed by atoms with van der Waals surface area (Å²) in [4.78, 5) is 8.90. The Morgan fingerprint density at radius 2 is 2.19 bits per heavy atom. The Morgan fingerprint density at radius 1 is 1.38 bits per heavy atom. The van der Waals surface area contributed by atoms with Crippen molar-refractivity contribution in [2.45, 2.75) is 66.0 Å². The SMILES string of the molecule is Cc1nc(OC2CCCC(C)C2)ncc1CNCC(C)C. The zero-order valence-corrected chi connectivity index (χ0v) is 13.9. The summed E-state index contributed by atoms with van der Waals surface area (Å²) in [6.07, 6.45) is 7.02. The van der Waals surface area contributed by atoms with Crippen LogP contribution in [-0.2, 0) is 6.54 Å². The molecule has 1 heterocycles. The molecule has 1 saturated carbocycles. The van der Waals surface area contributed by atoms with Crippen molar-refractivity contribution in [1.82, 2.24) is 15.3 Å². The van der Waals surface area contributed by atoms with Crippen molar-refractivity contribution >= 4 is 0 Å². The highest BCUT2D eigenvalue weighted by molar-refractivity contribution is 5.17. The fourth-order valence-electron chi connectivity index (χ4n) is 2.83. The minimum atomic E-state index is 0.290. The average Bonchev–Trinajstić information content (AvgIpc) is 2.41. The maximum absolute atomic E-state index is 5.96. The second kappa shape index (κ2) is 7.74. The Kier molecular flexibility index (Phi) is 5.97. The third-order valence-corrected chi connectivity index (χ3v) is 4.09. The van der Waals surface area contributed by atoms with Crippen LogP contribution in [0.1, 0.15) is 57.7 Å². The number of aryl methyl sites for hydroxylation is 1. The number of ether oxygens (including phenoxy) is 1. The second-order valence-electron chi connectivity index (χ2n) is 6.80. The lowest BCUT2D eigenvalue weighted by atomic mass is 9.89. The Morgan fingerprint density at radius 3 is 2.86 bits per heavy atom. The first-order valence-corrected chi connectivity index (χ1v) is 8.24. The molecule has 0 saturated heterocycles. The van der Waals surface area contributed by atoms with Gasteiger partial charge in [0.1, 0.15) is 6.10 Å². The number of aromatic nitrogens is 2. The molecule has 0 aliphatic heterocycles. The minimum absolute atomic E-state index is 0.290. The Hall–Kier alpha value is -1.16. The topological polar surface area (TPSA) is 47.0 Å². The first kappa shape index (κ1) is 16.2. The maximum atomic E-state index is 5.96. The molecule has 1 aromatic rings. The first-order valence-electron chi connectivity index (χ1n) is 8.24. The molecule has 0 radical (unpaired) electrons. The third-order valence-electron chi connectivity index (χ3n) is 4.09. The first-order chi connectivity index (χ1) is 10.0. The molecule has 4 nitrogen and oxygen atoms in total. The standard InChI is InChI=1S/C17H29N3O/c1-12(2)9-18-10-15-11-19-17(20-14(15)4)21-16-7-5-6-13(3)8-16/h11-13,16,18H,5-10H2,1-4H3. The summed E-state index contributed by atoms with van der Waals surface area (Å²) < 4.78 is 5.96. The lowest BCUT2D eigenvalue weighted by Crippen LogP contribution is -2.25. The number of nitrogens with one attached hydrogen (secondary N) is 1. The molecule has 2 atom stereocenters. The van der Waals surface area contributed by atoms with Crippen molar-refractivity contribution in [3.8, 4) is 6.01 Å². The third kappa shape index (κ3) is 5.27. The molecule has 2 unspecified atom stereocenters. The molecule has 21 heavy (non-hydrogen) atoms. The van der Waals surface area contributed by atoms with Gasteiger partial charge in [-0.15, -0.1) is 0 Å². The molecular weight excluding hydrogens is 262 g/mol. The zero-order valence-electron chi connectivity index (χ0n) is 13.9. The van der Waals surface area contributed by atoms with Gasteiger partial charge in [0.2, 0.25) is 0 Å². The van der Waals surface area contributed by atoms with Gasteiger partial charge in [0.25, 0.3) is 0 Å². The van der Waals surface area contributed by atoms with Crippen molar-refractivity contribution in [1.29, 1.82) is 0 Å². The number of hydrogen-bond donors (Lipinski definition) is 1. The molecule has 2 rings (SSSR count). The predicted octanol–water partition coefficient (Wildman–Crippen LogP) is 3.49. The van der Waals surface area contributed by atoms with E-state index in [0.717, 1.165) is 43.1 Å². The van der Waals surface area contributed by atoms with Gasteiger partial charge in [0, 0.05) is 24.0 Å². The van der Waals surface area contributed by atoms with Gasteiger partial charge in [-0.25, -0.2) is 9.97 Å². The van der Waals surface area contributed by atoms with Gasteiger partial charge in [-0.05, 0) is 44.6 Å². The summed E-state index contributed by atoms with van der Waals surface area (Å²) in [7, 11) is 0. The van der Waals surface area contributed by atoms with Crippen molar-refractivity contribution in [3.63, 3.8) is 0 Å². The van der Waals surface area contributed by atoms with Crippen LogP contribution >= 0.6 is 0 Å². The van der Waals surface area contributed by atoms with E-state index >= 15 is 0 Å². The van der Waals surface area contributed by atoms with Crippen LogP contribution in [0.4, 0.5) is 0 Å². The van der Waals surface area contributed by atoms with Crippen LogP contribution in [-0.4, -0.2) is 22.6 Å². The highest BCUT2D eigenvalue weighted by Crippen LogP contribution is 2.26. The monoisotopic (exact) mass is 291 g/mol. The summed E-state index contributed by atoms with van der Waals surface area (Å²) in [5, 5.41) is 3.43. The molecule has 4 heteroatoms. The predicted molar refractivity (Wildman–Crippen MR) is 85.4 cm³/mol. The van der Waals surface area contributed by atoms with E-state index < -0.39 is 0 Å². The van der Waals surface area contributed by atoms with Gasteiger partial charge in [-0.2, -0.15) is 0 Å². The van der Waals surface area contributed by atoms with Gasteiger partial charge in [-0.1, -0.05) is 27.2 Å². The summed E-state index contributed by atoms with van der Waals surface area (Å²) in [6, 6.07) is 0.541. The fraction of sp³-hybridized carbons (Fsp3) is 0.765. The number of rotatable bonds is 6. The number of nitrogens with zero attached hydrogens (tertiary/aromatic N) is 2. The van der Waals surface area contributed by atoms with Gasteiger partial charge >= 0.3 is 6.01 Å². The molecule has 118 valence electrons. The van der Waals surface area contributed by atoms with Crippen LogP contribution in [0.3, 0.4) is 0 Å². The van der Waals surface area contributed by atoms with Gasteiger partial charge < -0.3 is 10.1 Å². The maximum Gasteiger partial charge on any atom is 0.316 e. The van der Waals surface area contributed by atoms with E-state index in [1.54, 1.807) is 0 Å². The quantitative estimate of drug-likeness (QED) is 0.871. The Labute approximate surface area is 128 Å². The molecule has 0 aromatic carbocycles. The second-order valence-corrected chi connectivity index (χ2v) is 6.80. The van der Waals surface area contributed by atoms with Crippen LogP contribution in [0.25, 0.3) is 0 Å². The molecule has 1 fully saturated rings. The van der Waals surface area contributed by atoms with Gasteiger partial charge in [0.15, 0.2) is 0 Å². The summed E-state index contributed by atoms with van der Waals surface area (Å²) in [5.41, 5.74) is 2.17. The lowest BCUT2D eigenvalue weighted by molar-refractivity contribution is 0.118. The van der Waals surface area contributed by atoms with Crippen molar-refractivity contribution in [2.24, 2.45) is 11.8 Å². The van der Waals surface area contributed by atoms with Gasteiger partial charge in [-0.3, -0.25) is 0 Å². The van der Waals surface area contributed by atoms with E-state index in [4.69, 9.17) is 4.74 Å². The van der Waals surface area contributed by atoms with E-state index in [9.17, 15) is 0 Å². The Bertz CT molecular complexity index is 448. The van der Waals surface area contributed by atoms with Gasteiger partial charge in [0.05, 0.1) is 0 Å². The van der Waals surface area contributed by atoms with Crippen LogP contribution in [0.5, 0.6) is 6.01 Å². The fourth-order valence-corrected chi connectivity index (χ4v) is 2.83. The average molecular weight is 291 g/mol. The highest BCUT2D eigenvalue weighted by Gasteiger charge is 2.21.